The summed E-state index contributed by atoms with van der Waals surface area (Å²) in [5, 5.41) is 0. The normalized spacial score (nSPS) is 11.0. The lowest BCUT2D eigenvalue weighted by molar-refractivity contribution is 0.463. The molecule has 2 N–H and O–H groups in total. The zero-order valence-corrected chi connectivity index (χ0v) is 7.23. The van der Waals surface area contributed by atoms with E-state index in [4.69, 9.17) is 5.73 Å². The molecule has 0 aliphatic heterocycles. The largest absolute Gasteiger partial charge is 0.316 e. The maximum Gasteiger partial charge on any atom is 0.0719 e. The fraction of sp³-hybridized carbons (Fsp3) is 0.750. The van der Waals surface area contributed by atoms with Crippen LogP contribution in [0.4, 0.5) is 0 Å². The van der Waals surface area contributed by atoms with Gasteiger partial charge in [0.1, 0.15) is 0 Å². The average Bonchev–Trinajstić information content (AvgIpc) is 1.59. The molecule has 0 rings (SSSR count). The monoisotopic (exact) mass is 140 g/mol. The molecule has 2 nitrogen and oxygen atoms in total. The Bertz CT molecular complexity index is 143. The van der Waals surface area contributed by atoms with Crippen LogP contribution in [0.1, 0.15) is 13.8 Å². The maximum atomic E-state index is 5.63. The van der Waals surface area contributed by atoms with Crippen LogP contribution >= 0.6 is 0 Å². The Balaban J connectivity index is 3.71. The second-order valence-corrected chi connectivity index (χ2v) is 3.26. The highest BCUT2D eigenvalue weighted by molar-refractivity contribution is 5.13. The number of nitrogens with two attached hydrogens (primary N) is 1. The molecule has 0 saturated carbocycles. The Morgan fingerprint density at radius 3 is 2.20 bits per heavy atom. The molecule has 0 radical (unpaired) electrons. The van der Waals surface area contributed by atoms with Crippen LogP contribution in [-0.2, 0) is 0 Å². The number of rotatable bonds is 1. The van der Waals surface area contributed by atoms with Gasteiger partial charge in [-0.15, -0.1) is 0 Å². The minimum atomic E-state index is -0.351. The Hall–Kier alpha value is -0.520. The summed E-state index contributed by atoms with van der Waals surface area (Å²) in [4.78, 5) is 2.01. The van der Waals surface area contributed by atoms with Crippen molar-refractivity contribution in [2.75, 3.05) is 20.6 Å². The Morgan fingerprint density at radius 1 is 1.40 bits per heavy atom. The third-order valence-electron chi connectivity index (χ3n) is 0.806. The molecular formula is C8H16N2. The Kier molecular flexibility index (Phi) is 3.41. The summed E-state index contributed by atoms with van der Waals surface area (Å²) in [6, 6.07) is 0. The topological polar surface area (TPSA) is 29.3 Å². The number of hydrogen-bond acceptors (Lipinski definition) is 2. The molecule has 0 amide bonds. The van der Waals surface area contributed by atoms with Gasteiger partial charge in [0.15, 0.2) is 0 Å². The smallest absolute Gasteiger partial charge is 0.0719 e. The van der Waals surface area contributed by atoms with E-state index in [1.54, 1.807) is 0 Å². The summed E-state index contributed by atoms with van der Waals surface area (Å²) in [6.07, 6.45) is 0. The van der Waals surface area contributed by atoms with E-state index >= 15 is 0 Å². The molecule has 0 heterocycles. The van der Waals surface area contributed by atoms with Crippen molar-refractivity contribution in [2.45, 2.75) is 19.4 Å². The first-order valence-electron chi connectivity index (χ1n) is 3.35. The standard InChI is InChI=1S/C8H16N2/c1-8(2,9)6-5-7-10(3)4/h7,9H2,1-4H3. The molecular weight excluding hydrogens is 124 g/mol. The van der Waals surface area contributed by atoms with Gasteiger partial charge in [-0.2, -0.15) is 0 Å². The van der Waals surface area contributed by atoms with Crippen LogP contribution in [0.25, 0.3) is 0 Å². The third-order valence-corrected chi connectivity index (χ3v) is 0.806. The zero-order valence-electron chi connectivity index (χ0n) is 7.23. The van der Waals surface area contributed by atoms with Crippen LogP contribution < -0.4 is 5.73 Å². The van der Waals surface area contributed by atoms with Crippen LogP contribution in [-0.4, -0.2) is 31.1 Å². The molecule has 0 fully saturated rings. The van der Waals surface area contributed by atoms with E-state index in [1.165, 1.54) is 0 Å². The molecule has 0 aromatic rings. The lowest BCUT2D eigenvalue weighted by atomic mass is 10.1. The van der Waals surface area contributed by atoms with Crippen molar-refractivity contribution in [1.82, 2.24) is 4.90 Å². The highest BCUT2D eigenvalue weighted by atomic mass is 15.0. The van der Waals surface area contributed by atoms with Gasteiger partial charge in [0.05, 0.1) is 12.1 Å². The van der Waals surface area contributed by atoms with Crippen LogP contribution in [0.2, 0.25) is 0 Å². The van der Waals surface area contributed by atoms with E-state index < -0.39 is 0 Å². The van der Waals surface area contributed by atoms with Gasteiger partial charge in [0, 0.05) is 0 Å². The van der Waals surface area contributed by atoms with Crippen molar-refractivity contribution in [3.63, 3.8) is 0 Å². The molecule has 58 valence electrons. The van der Waals surface area contributed by atoms with Crippen LogP contribution in [0.3, 0.4) is 0 Å². The van der Waals surface area contributed by atoms with E-state index in [0.29, 0.717) is 0 Å². The first kappa shape index (κ1) is 9.48. The second kappa shape index (κ2) is 3.60. The minimum absolute atomic E-state index is 0.351. The lowest BCUT2D eigenvalue weighted by Crippen LogP contribution is -2.29. The van der Waals surface area contributed by atoms with E-state index in [-0.39, 0.29) is 5.54 Å². The van der Waals surface area contributed by atoms with E-state index in [0.717, 1.165) is 6.54 Å². The van der Waals surface area contributed by atoms with Crippen molar-refractivity contribution in [3.8, 4) is 11.8 Å². The predicted octanol–water partition coefficient (Wildman–Crippen LogP) is 0.289. The van der Waals surface area contributed by atoms with Gasteiger partial charge in [-0.1, -0.05) is 11.8 Å². The van der Waals surface area contributed by atoms with Gasteiger partial charge in [-0.25, -0.2) is 0 Å². The van der Waals surface area contributed by atoms with Gasteiger partial charge in [0.25, 0.3) is 0 Å². The molecule has 0 unspecified atom stereocenters. The molecule has 0 aliphatic carbocycles. The molecule has 0 aromatic heterocycles. The molecule has 0 bridgehead atoms. The van der Waals surface area contributed by atoms with Crippen molar-refractivity contribution < 1.29 is 0 Å². The van der Waals surface area contributed by atoms with Crippen LogP contribution in [0, 0.1) is 11.8 Å². The fourth-order valence-corrected chi connectivity index (χ4v) is 0.425. The fourth-order valence-electron chi connectivity index (χ4n) is 0.425. The quantitative estimate of drug-likeness (QED) is 0.530. The van der Waals surface area contributed by atoms with Gasteiger partial charge >= 0.3 is 0 Å². The predicted molar refractivity (Wildman–Crippen MR) is 44.6 cm³/mol. The average molecular weight is 140 g/mol. The molecule has 0 aliphatic rings. The molecule has 0 saturated heterocycles. The van der Waals surface area contributed by atoms with Crippen LogP contribution in [0.5, 0.6) is 0 Å². The molecule has 0 atom stereocenters. The second-order valence-electron chi connectivity index (χ2n) is 3.26. The van der Waals surface area contributed by atoms with Crippen molar-refractivity contribution in [1.29, 1.82) is 0 Å². The third kappa shape index (κ3) is 7.48. The summed E-state index contributed by atoms with van der Waals surface area (Å²) in [6.45, 7) is 4.58. The van der Waals surface area contributed by atoms with Crippen molar-refractivity contribution in [2.24, 2.45) is 5.73 Å². The first-order chi connectivity index (χ1) is 4.42. The SMILES string of the molecule is CN(C)CC#CC(C)(C)N. The first-order valence-corrected chi connectivity index (χ1v) is 3.35. The maximum absolute atomic E-state index is 5.63. The van der Waals surface area contributed by atoms with E-state index in [1.807, 2.05) is 32.8 Å². The van der Waals surface area contributed by atoms with E-state index in [9.17, 15) is 0 Å². The molecule has 2 heteroatoms. The van der Waals surface area contributed by atoms with Gasteiger partial charge < -0.3 is 5.73 Å². The lowest BCUT2D eigenvalue weighted by Gasteiger charge is -2.08. The van der Waals surface area contributed by atoms with Gasteiger partial charge in [0.2, 0.25) is 0 Å². The molecule has 10 heavy (non-hydrogen) atoms. The molecule has 0 aromatic carbocycles. The number of hydrogen-bond donors (Lipinski definition) is 1. The van der Waals surface area contributed by atoms with Crippen LogP contribution in [0.15, 0.2) is 0 Å². The summed E-state index contributed by atoms with van der Waals surface area (Å²) < 4.78 is 0. The molecule has 0 spiro atoms. The summed E-state index contributed by atoms with van der Waals surface area (Å²) in [5.74, 6) is 5.92. The van der Waals surface area contributed by atoms with E-state index in [2.05, 4.69) is 11.8 Å². The minimum Gasteiger partial charge on any atom is -0.316 e. The summed E-state index contributed by atoms with van der Waals surface area (Å²) in [5.41, 5.74) is 5.28. The highest BCUT2D eigenvalue weighted by Gasteiger charge is 2.02. The number of nitrogens with zero attached hydrogens (tertiary/aromatic N) is 1. The van der Waals surface area contributed by atoms with Crippen molar-refractivity contribution >= 4 is 0 Å². The summed E-state index contributed by atoms with van der Waals surface area (Å²) >= 11 is 0. The Labute approximate surface area is 63.4 Å². The van der Waals surface area contributed by atoms with Gasteiger partial charge in [-0.3, -0.25) is 4.90 Å². The summed E-state index contributed by atoms with van der Waals surface area (Å²) in [7, 11) is 3.97. The highest BCUT2D eigenvalue weighted by Crippen LogP contribution is 1.90. The van der Waals surface area contributed by atoms with Gasteiger partial charge in [-0.05, 0) is 27.9 Å². The zero-order chi connectivity index (χ0) is 8.20. The Morgan fingerprint density at radius 2 is 1.90 bits per heavy atom. The van der Waals surface area contributed by atoms with Crippen molar-refractivity contribution in [3.05, 3.63) is 0 Å².